The largest absolute Gasteiger partial charge is 0.508 e. The molecule has 4 nitrogen and oxygen atoms in total. The molecule has 2 aromatic rings. The number of aromatic hydroxyl groups is 3. The van der Waals surface area contributed by atoms with E-state index in [9.17, 15) is 0 Å². The summed E-state index contributed by atoms with van der Waals surface area (Å²) in [5, 5.41) is 26.3. The van der Waals surface area contributed by atoms with Gasteiger partial charge >= 0.3 is 0 Å². The number of phenols is 3. The van der Waals surface area contributed by atoms with Crippen LogP contribution in [0.4, 0.5) is 0 Å². The van der Waals surface area contributed by atoms with Crippen molar-refractivity contribution in [3.05, 3.63) is 48.5 Å². The zero-order valence-electron chi connectivity index (χ0n) is 9.37. The fourth-order valence-electron chi connectivity index (χ4n) is 1.12. The van der Waals surface area contributed by atoms with Crippen LogP contribution >= 0.6 is 0 Å². The van der Waals surface area contributed by atoms with Gasteiger partial charge in [0.25, 0.3) is 0 Å². The van der Waals surface area contributed by atoms with Crippen molar-refractivity contribution in [2.24, 2.45) is 0 Å². The summed E-state index contributed by atoms with van der Waals surface area (Å²) >= 11 is 0. The average molecular weight is 234 g/mol. The van der Waals surface area contributed by atoms with Crippen LogP contribution in [0.1, 0.15) is 0 Å². The molecule has 0 heterocycles. The lowest BCUT2D eigenvalue weighted by molar-refractivity contribution is 0.373. The van der Waals surface area contributed by atoms with Crippen LogP contribution in [0, 0.1) is 0 Å². The highest BCUT2D eigenvalue weighted by atomic mass is 16.5. The third-order valence-electron chi connectivity index (χ3n) is 1.91. The lowest BCUT2D eigenvalue weighted by Crippen LogP contribution is -1.80. The van der Waals surface area contributed by atoms with Crippen LogP contribution in [0.2, 0.25) is 0 Å². The molecule has 0 radical (unpaired) electrons. The lowest BCUT2D eigenvalue weighted by atomic mass is 10.3. The number of phenolic OH excluding ortho intramolecular Hbond substituents is 3. The summed E-state index contributed by atoms with van der Waals surface area (Å²) in [7, 11) is 1.52. The first-order valence-electron chi connectivity index (χ1n) is 4.93. The van der Waals surface area contributed by atoms with Crippen LogP contribution in [0.5, 0.6) is 23.0 Å². The highest BCUT2D eigenvalue weighted by Gasteiger charge is 1.94. The van der Waals surface area contributed by atoms with Gasteiger partial charge < -0.3 is 20.1 Å². The summed E-state index contributed by atoms with van der Waals surface area (Å²) in [6.07, 6.45) is 0. The molecule has 2 aromatic carbocycles. The Hall–Kier alpha value is -2.36. The van der Waals surface area contributed by atoms with Crippen LogP contribution in [-0.2, 0) is 0 Å². The van der Waals surface area contributed by atoms with Gasteiger partial charge in [-0.2, -0.15) is 0 Å². The molecule has 0 aliphatic heterocycles. The van der Waals surface area contributed by atoms with Crippen LogP contribution in [0.15, 0.2) is 48.5 Å². The monoisotopic (exact) mass is 234 g/mol. The Bertz CT molecular complexity index is 451. The predicted molar refractivity (Wildman–Crippen MR) is 64.4 cm³/mol. The first-order valence-corrected chi connectivity index (χ1v) is 4.93. The maximum absolute atomic E-state index is 8.99. The molecule has 4 heteroatoms. The summed E-state index contributed by atoms with van der Waals surface area (Å²) < 4.78 is 4.79. The third-order valence-corrected chi connectivity index (χ3v) is 1.91. The van der Waals surface area contributed by atoms with Gasteiger partial charge in [-0.05, 0) is 24.3 Å². The van der Waals surface area contributed by atoms with Gasteiger partial charge in [0.05, 0.1) is 7.11 Å². The Balaban J connectivity index is 0.000000171. The maximum Gasteiger partial charge on any atom is 0.160 e. The standard InChI is InChI=1S/C7H8O2.C6H6O2/c1-9-7-5-3-2-4-6(7)8;7-5-2-1-3-6(8)4-5/h2-5,8H,1H3;1-4,7-8H. The van der Waals surface area contributed by atoms with E-state index in [4.69, 9.17) is 20.1 Å². The molecule has 17 heavy (non-hydrogen) atoms. The molecule has 0 bridgehead atoms. The van der Waals surface area contributed by atoms with Gasteiger partial charge in [0.1, 0.15) is 11.5 Å². The zero-order valence-corrected chi connectivity index (χ0v) is 9.37. The third kappa shape index (κ3) is 4.34. The molecule has 0 saturated heterocycles. The minimum Gasteiger partial charge on any atom is -0.508 e. The summed E-state index contributed by atoms with van der Waals surface area (Å²) in [4.78, 5) is 0. The van der Waals surface area contributed by atoms with Crippen molar-refractivity contribution in [1.29, 1.82) is 0 Å². The van der Waals surface area contributed by atoms with E-state index in [2.05, 4.69) is 0 Å². The second-order valence-electron chi connectivity index (χ2n) is 3.19. The molecule has 0 fully saturated rings. The van der Waals surface area contributed by atoms with Crippen LogP contribution in [0.25, 0.3) is 0 Å². The van der Waals surface area contributed by atoms with E-state index in [0.29, 0.717) is 5.75 Å². The number of para-hydroxylation sites is 2. The van der Waals surface area contributed by atoms with E-state index < -0.39 is 0 Å². The zero-order chi connectivity index (χ0) is 12.7. The molecule has 0 unspecified atom stereocenters. The van der Waals surface area contributed by atoms with E-state index in [1.807, 2.05) is 0 Å². The fraction of sp³-hybridized carbons (Fsp3) is 0.0769. The van der Waals surface area contributed by atoms with Gasteiger partial charge in [0.15, 0.2) is 11.5 Å². The molecule has 0 saturated carbocycles. The van der Waals surface area contributed by atoms with Gasteiger partial charge in [0, 0.05) is 6.07 Å². The second kappa shape index (κ2) is 6.27. The van der Waals surface area contributed by atoms with Gasteiger partial charge in [-0.3, -0.25) is 0 Å². The van der Waals surface area contributed by atoms with Crippen molar-refractivity contribution in [3.8, 4) is 23.0 Å². The Morgan fingerprint density at radius 3 is 1.76 bits per heavy atom. The fourth-order valence-corrected chi connectivity index (χ4v) is 1.12. The smallest absolute Gasteiger partial charge is 0.160 e. The van der Waals surface area contributed by atoms with Crippen LogP contribution in [0.3, 0.4) is 0 Å². The normalized spacial score (nSPS) is 9.00. The lowest BCUT2D eigenvalue weighted by Gasteiger charge is -1.99. The predicted octanol–water partition coefficient (Wildman–Crippen LogP) is 2.50. The summed E-state index contributed by atoms with van der Waals surface area (Å²) in [6.45, 7) is 0. The topological polar surface area (TPSA) is 69.9 Å². The van der Waals surface area contributed by atoms with Gasteiger partial charge in [-0.1, -0.05) is 18.2 Å². The number of hydrogen-bond donors (Lipinski definition) is 3. The van der Waals surface area contributed by atoms with Gasteiger partial charge in [-0.15, -0.1) is 0 Å². The highest BCUT2D eigenvalue weighted by molar-refractivity contribution is 5.37. The molecule has 90 valence electrons. The molecule has 0 atom stereocenters. The van der Waals surface area contributed by atoms with Gasteiger partial charge in [-0.25, -0.2) is 0 Å². The minimum atomic E-state index is 0.0880. The average Bonchev–Trinajstić information content (AvgIpc) is 2.30. The molecule has 0 amide bonds. The van der Waals surface area contributed by atoms with Crippen molar-refractivity contribution in [2.75, 3.05) is 7.11 Å². The molecular weight excluding hydrogens is 220 g/mol. The van der Waals surface area contributed by atoms with E-state index >= 15 is 0 Å². The molecule has 0 spiro atoms. The molecule has 2 rings (SSSR count). The summed E-state index contributed by atoms with van der Waals surface area (Å²) in [5.41, 5.74) is 0. The van der Waals surface area contributed by atoms with Crippen molar-refractivity contribution in [1.82, 2.24) is 0 Å². The Morgan fingerprint density at radius 1 is 0.824 bits per heavy atom. The number of hydrogen-bond acceptors (Lipinski definition) is 4. The maximum atomic E-state index is 8.99. The quantitative estimate of drug-likeness (QED) is 0.709. The van der Waals surface area contributed by atoms with E-state index in [1.54, 1.807) is 30.3 Å². The van der Waals surface area contributed by atoms with Crippen molar-refractivity contribution < 1.29 is 20.1 Å². The molecular formula is C13H14O4. The summed E-state index contributed by atoms with van der Waals surface area (Å²) in [5.74, 6) is 0.868. The highest BCUT2D eigenvalue weighted by Crippen LogP contribution is 2.23. The van der Waals surface area contributed by atoms with Crippen LogP contribution in [-0.4, -0.2) is 22.4 Å². The van der Waals surface area contributed by atoms with E-state index in [1.165, 1.54) is 25.3 Å². The first kappa shape index (κ1) is 12.7. The SMILES string of the molecule is COc1ccccc1O.Oc1cccc(O)c1. The molecule has 0 aliphatic carbocycles. The minimum absolute atomic E-state index is 0.0880. The van der Waals surface area contributed by atoms with Crippen molar-refractivity contribution in [3.63, 3.8) is 0 Å². The van der Waals surface area contributed by atoms with E-state index in [-0.39, 0.29) is 17.2 Å². The number of benzene rings is 2. The Morgan fingerprint density at radius 2 is 1.41 bits per heavy atom. The van der Waals surface area contributed by atoms with Gasteiger partial charge in [0.2, 0.25) is 0 Å². The van der Waals surface area contributed by atoms with Crippen molar-refractivity contribution in [2.45, 2.75) is 0 Å². The number of rotatable bonds is 1. The first-order chi connectivity index (χ1) is 8.13. The van der Waals surface area contributed by atoms with Crippen molar-refractivity contribution >= 4 is 0 Å². The second-order valence-corrected chi connectivity index (χ2v) is 3.19. The molecule has 0 aliphatic rings. The van der Waals surface area contributed by atoms with Crippen LogP contribution < -0.4 is 4.74 Å². The molecule has 3 N–H and O–H groups in total. The number of methoxy groups -OCH3 is 1. The van der Waals surface area contributed by atoms with E-state index in [0.717, 1.165) is 0 Å². The molecule has 0 aromatic heterocycles. The summed E-state index contributed by atoms with van der Waals surface area (Å²) in [6, 6.07) is 12.7. The Kier molecular flexibility index (Phi) is 4.69. The Labute approximate surface area is 99.4 Å². The number of ether oxygens (including phenoxy) is 1.